The Labute approximate surface area is 98.0 Å². The maximum atomic E-state index is 12.5. The van der Waals surface area contributed by atoms with Crippen LogP contribution >= 0.6 is 15.9 Å². The molecule has 0 saturated heterocycles. The number of carbonyl (C=O) groups is 1. The number of carbonyl (C=O) groups excluding carboxylic acids is 1. The maximum absolute atomic E-state index is 12.5. The maximum Gasteiger partial charge on any atom is 0.340 e. The molecule has 0 aliphatic rings. The average molecular weight is 291 g/mol. The van der Waals surface area contributed by atoms with E-state index in [1.807, 2.05) is 0 Å². The van der Waals surface area contributed by atoms with Crippen LogP contribution in [0.4, 0.5) is 8.78 Å². The predicted molar refractivity (Wildman–Crippen MR) is 52.9 cm³/mol. The zero-order valence-electron chi connectivity index (χ0n) is 8.00. The molecule has 1 aromatic rings. The normalized spacial score (nSPS) is 10.0. The second-order valence-corrected chi connectivity index (χ2v) is 3.42. The molecule has 1 heterocycles. The largest absolute Gasteiger partial charge is 0.465 e. The Hall–Kier alpha value is -1.55. The molecule has 0 amide bonds. The van der Waals surface area contributed by atoms with Crippen molar-refractivity contribution < 1.29 is 18.3 Å². The number of nitriles is 1. The van der Waals surface area contributed by atoms with Gasteiger partial charge in [0.05, 0.1) is 18.2 Å². The molecule has 84 valence electrons. The summed E-state index contributed by atoms with van der Waals surface area (Å²) < 4.78 is 29.5. The Morgan fingerprint density at radius 1 is 1.69 bits per heavy atom. The second kappa shape index (κ2) is 4.99. The Morgan fingerprint density at radius 3 is 2.75 bits per heavy atom. The molecule has 0 aliphatic carbocycles. The van der Waals surface area contributed by atoms with E-state index in [2.05, 4.69) is 25.7 Å². The van der Waals surface area contributed by atoms with Crippen LogP contribution in [0.15, 0.2) is 10.7 Å². The number of ether oxygens (including phenoxy) is 1. The Kier molecular flexibility index (Phi) is 3.90. The summed E-state index contributed by atoms with van der Waals surface area (Å²) in [7, 11) is 1.12. The minimum atomic E-state index is -2.88. The number of esters is 1. The molecule has 1 rings (SSSR count). The van der Waals surface area contributed by atoms with E-state index in [0.29, 0.717) is 0 Å². The molecule has 0 N–H and O–H groups in total. The third kappa shape index (κ3) is 2.33. The fourth-order valence-corrected chi connectivity index (χ4v) is 1.47. The summed E-state index contributed by atoms with van der Waals surface area (Å²) >= 11 is 2.90. The van der Waals surface area contributed by atoms with E-state index in [1.54, 1.807) is 0 Å². The van der Waals surface area contributed by atoms with E-state index in [1.165, 1.54) is 6.07 Å². The zero-order chi connectivity index (χ0) is 12.3. The molecule has 4 nitrogen and oxygen atoms in total. The van der Waals surface area contributed by atoms with E-state index in [-0.39, 0.29) is 10.2 Å². The van der Waals surface area contributed by atoms with Crippen LogP contribution in [0.25, 0.3) is 0 Å². The first-order valence-corrected chi connectivity index (χ1v) is 4.77. The third-order valence-electron chi connectivity index (χ3n) is 1.75. The van der Waals surface area contributed by atoms with Gasteiger partial charge in [-0.1, -0.05) is 0 Å². The van der Waals surface area contributed by atoms with Crippen LogP contribution in [0.1, 0.15) is 28.0 Å². The van der Waals surface area contributed by atoms with Crippen LogP contribution in [-0.2, 0) is 4.74 Å². The first-order chi connectivity index (χ1) is 7.51. The fraction of sp³-hybridized carbons (Fsp3) is 0.222. The first kappa shape index (κ1) is 12.5. The Morgan fingerprint density at radius 2 is 2.31 bits per heavy atom. The lowest BCUT2D eigenvalue weighted by atomic mass is 10.1. The summed E-state index contributed by atoms with van der Waals surface area (Å²) in [4.78, 5) is 14.7. The molecular weight excluding hydrogens is 286 g/mol. The summed E-state index contributed by atoms with van der Waals surface area (Å²) in [5.41, 5.74) is -1.16. The summed E-state index contributed by atoms with van der Waals surface area (Å²) in [5, 5.41) is 8.60. The molecule has 0 aliphatic heterocycles. The van der Waals surface area contributed by atoms with E-state index < -0.39 is 23.7 Å². The van der Waals surface area contributed by atoms with Crippen LogP contribution in [0.2, 0.25) is 0 Å². The Bertz CT molecular complexity index is 471. The monoisotopic (exact) mass is 290 g/mol. The molecule has 0 fully saturated rings. The SMILES string of the molecule is COC(=O)c1cc(C(F)F)c(C#N)nc1Br. The van der Waals surface area contributed by atoms with Gasteiger partial charge in [-0.3, -0.25) is 0 Å². The van der Waals surface area contributed by atoms with Gasteiger partial charge in [-0.05, 0) is 22.0 Å². The number of pyridine rings is 1. The van der Waals surface area contributed by atoms with Gasteiger partial charge in [0.25, 0.3) is 6.43 Å². The molecule has 16 heavy (non-hydrogen) atoms. The molecule has 0 atom stereocenters. The van der Waals surface area contributed by atoms with Gasteiger partial charge in [0, 0.05) is 0 Å². The van der Waals surface area contributed by atoms with Crippen molar-refractivity contribution in [2.75, 3.05) is 7.11 Å². The highest BCUT2D eigenvalue weighted by molar-refractivity contribution is 9.10. The second-order valence-electron chi connectivity index (χ2n) is 2.67. The lowest BCUT2D eigenvalue weighted by molar-refractivity contribution is 0.0598. The van der Waals surface area contributed by atoms with Gasteiger partial charge in [-0.2, -0.15) is 5.26 Å². The van der Waals surface area contributed by atoms with Gasteiger partial charge in [-0.25, -0.2) is 18.6 Å². The molecule has 7 heteroatoms. The van der Waals surface area contributed by atoms with Gasteiger partial charge in [-0.15, -0.1) is 0 Å². The molecule has 0 radical (unpaired) electrons. The summed E-state index contributed by atoms with van der Waals surface area (Å²) in [6.07, 6.45) is -2.88. The number of alkyl halides is 2. The van der Waals surface area contributed by atoms with Gasteiger partial charge >= 0.3 is 5.97 Å². The zero-order valence-corrected chi connectivity index (χ0v) is 9.59. The number of hydrogen-bond donors (Lipinski definition) is 0. The number of nitrogens with zero attached hydrogens (tertiary/aromatic N) is 2. The van der Waals surface area contributed by atoms with Crippen molar-refractivity contribution in [3.05, 3.63) is 27.5 Å². The van der Waals surface area contributed by atoms with E-state index in [4.69, 9.17) is 5.26 Å². The third-order valence-corrected chi connectivity index (χ3v) is 2.36. The number of rotatable bonds is 2. The minimum Gasteiger partial charge on any atom is -0.465 e. The van der Waals surface area contributed by atoms with Crippen molar-refractivity contribution in [2.45, 2.75) is 6.43 Å². The van der Waals surface area contributed by atoms with Crippen molar-refractivity contribution in [1.82, 2.24) is 4.98 Å². The highest BCUT2D eigenvalue weighted by Gasteiger charge is 2.21. The highest BCUT2D eigenvalue weighted by Crippen LogP contribution is 2.26. The quantitative estimate of drug-likeness (QED) is 0.620. The van der Waals surface area contributed by atoms with Gasteiger partial charge in [0.15, 0.2) is 5.69 Å². The number of halogens is 3. The highest BCUT2D eigenvalue weighted by atomic mass is 79.9. The standard InChI is InChI=1S/C9H5BrF2N2O2/c1-16-9(15)5-2-4(8(11)12)6(3-13)14-7(5)10/h2,8H,1H3. The van der Waals surface area contributed by atoms with Crippen molar-refractivity contribution in [3.63, 3.8) is 0 Å². The molecule has 0 bridgehead atoms. The fourth-order valence-electron chi connectivity index (χ4n) is 1.02. The van der Waals surface area contributed by atoms with Gasteiger partial charge in [0.2, 0.25) is 0 Å². The van der Waals surface area contributed by atoms with Crippen LogP contribution in [0, 0.1) is 11.3 Å². The lowest BCUT2D eigenvalue weighted by Crippen LogP contribution is -2.07. The number of methoxy groups -OCH3 is 1. The van der Waals surface area contributed by atoms with Crippen molar-refractivity contribution in [3.8, 4) is 6.07 Å². The molecule has 0 spiro atoms. The summed E-state index contributed by atoms with van der Waals surface area (Å²) in [6, 6.07) is 2.42. The van der Waals surface area contributed by atoms with Crippen LogP contribution in [0.5, 0.6) is 0 Å². The average Bonchev–Trinajstić information content (AvgIpc) is 2.27. The van der Waals surface area contributed by atoms with E-state index in [0.717, 1.165) is 13.2 Å². The van der Waals surface area contributed by atoms with E-state index in [9.17, 15) is 13.6 Å². The first-order valence-electron chi connectivity index (χ1n) is 3.98. The molecule has 0 saturated carbocycles. The van der Waals surface area contributed by atoms with Crippen molar-refractivity contribution >= 4 is 21.9 Å². The summed E-state index contributed by atoms with van der Waals surface area (Å²) in [5.74, 6) is -0.800. The lowest BCUT2D eigenvalue weighted by Gasteiger charge is -2.06. The number of aromatic nitrogens is 1. The van der Waals surface area contributed by atoms with Crippen molar-refractivity contribution in [2.24, 2.45) is 0 Å². The smallest absolute Gasteiger partial charge is 0.340 e. The van der Waals surface area contributed by atoms with Gasteiger partial charge in [0.1, 0.15) is 10.7 Å². The van der Waals surface area contributed by atoms with E-state index >= 15 is 0 Å². The van der Waals surface area contributed by atoms with Crippen LogP contribution < -0.4 is 0 Å². The molecule has 0 unspecified atom stereocenters. The van der Waals surface area contributed by atoms with Crippen LogP contribution in [-0.4, -0.2) is 18.1 Å². The van der Waals surface area contributed by atoms with Crippen molar-refractivity contribution in [1.29, 1.82) is 5.26 Å². The molecule has 1 aromatic heterocycles. The topological polar surface area (TPSA) is 63.0 Å². The molecular formula is C9H5BrF2N2O2. The Balaban J connectivity index is 3.40. The predicted octanol–water partition coefficient (Wildman–Crippen LogP) is 2.44. The minimum absolute atomic E-state index is 0.000278. The molecule has 0 aromatic carbocycles. The van der Waals surface area contributed by atoms with Gasteiger partial charge < -0.3 is 4.74 Å². The van der Waals surface area contributed by atoms with Crippen LogP contribution in [0.3, 0.4) is 0 Å². The summed E-state index contributed by atoms with van der Waals surface area (Å²) in [6.45, 7) is 0. The number of hydrogen-bond acceptors (Lipinski definition) is 4.